The van der Waals surface area contributed by atoms with Crippen LogP contribution in [0.15, 0.2) is 48.5 Å². The van der Waals surface area contributed by atoms with Gasteiger partial charge in [-0.1, -0.05) is 24.3 Å². The Kier molecular flexibility index (Phi) is 6.74. The van der Waals surface area contributed by atoms with Gasteiger partial charge in [-0.15, -0.1) is 11.3 Å². The maximum Gasteiger partial charge on any atom is 0.134 e. The van der Waals surface area contributed by atoms with E-state index in [2.05, 4.69) is 59.3 Å². The molecule has 0 amide bonds. The van der Waals surface area contributed by atoms with E-state index in [1.54, 1.807) is 11.3 Å². The minimum absolute atomic E-state index is 0.168. The summed E-state index contributed by atoms with van der Waals surface area (Å²) in [5.41, 5.74) is 3.37. The Bertz CT molecular complexity index is 998. The van der Waals surface area contributed by atoms with Crippen LogP contribution in [0, 0.1) is 0 Å². The van der Waals surface area contributed by atoms with Crippen LogP contribution in [-0.2, 0) is 4.74 Å². The molecule has 2 unspecified atom stereocenters. The number of piperidine rings is 2. The van der Waals surface area contributed by atoms with Crippen LogP contribution in [0.4, 0.5) is 5.69 Å². The number of benzene rings is 2. The van der Waals surface area contributed by atoms with E-state index in [-0.39, 0.29) is 24.9 Å². The summed E-state index contributed by atoms with van der Waals surface area (Å²) in [4.78, 5) is 9.72. The third-order valence-corrected chi connectivity index (χ3v) is 7.95. The van der Waals surface area contributed by atoms with Crippen LogP contribution in [-0.4, -0.2) is 60.4 Å². The molecule has 1 N–H and O–H groups in total. The molecule has 6 heteroatoms. The lowest BCUT2D eigenvalue weighted by Crippen LogP contribution is -2.42. The molecule has 32 heavy (non-hydrogen) atoms. The fraction of sp³-hybridized carbons (Fsp3) is 0.500. The second kappa shape index (κ2) is 9.87. The number of fused-ring (bicyclic) bond motifs is 1. The van der Waals surface area contributed by atoms with Gasteiger partial charge in [-0.3, -0.25) is 0 Å². The largest absolute Gasteiger partial charge is 0.394 e. The van der Waals surface area contributed by atoms with E-state index >= 15 is 0 Å². The number of ether oxygens (including phenoxy) is 1. The van der Waals surface area contributed by atoms with Crippen molar-refractivity contribution in [3.05, 3.63) is 59.1 Å². The maximum atomic E-state index is 9.92. The van der Waals surface area contributed by atoms with Crippen molar-refractivity contribution in [3.8, 4) is 0 Å². The Balaban J connectivity index is 1.48. The average Bonchev–Trinajstić information content (AvgIpc) is 3.27. The first-order valence-corrected chi connectivity index (χ1v) is 12.7. The molecule has 2 aromatic carbocycles. The molecule has 2 fully saturated rings. The fourth-order valence-corrected chi connectivity index (χ4v) is 6.02. The third-order valence-electron chi connectivity index (χ3n) is 6.87. The van der Waals surface area contributed by atoms with Crippen LogP contribution in [0.3, 0.4) is 0 Å². The highest BCUT2D eigenvalue weighted by Gasteiger charge is 2.28. The number of anilines is 1. The first kappa shape index (κ1) is 21.8. The van der Waals surface area contributed by atoms with Gasteiger partial charge < -0.3 is 19.6 Å². The molecule has 2 aliphatic heterocycles. The maximum absolute atomic E-state index is 9.92. The normalized spacial score (nSPS) is 21.8. The molecule has 170 valence electrons. The summed E-state index contributed by atoms with van der Waals surface area (Å²) in [5.74, 6) is 0. The van der Waals surface area contributed by atoms with Crippen LogP contribution < -0.4 is 4.90 Å². The summed E-state index contributed by atoms with van der Waals surface area (Å²) in [7, 11) is 2.18. The number of aromatic nitrogens is 1. The molecule has 0 aliphatic carbocycles. The first-order chi connectivity index (χ1) is 15.7. The Morgan fingerprint density at radius 2 is 1.91 bits per heavy atom. The zero-order valence-corrected chi connectivity index (χ0v) is 19.6. The van der Waals surface area contributed by atoms with Crippen LogP contribution in [0.25, 0.3) is 10.2 Å². The van der Waals surface area contributed by atoms with Gasteiger partial charge in [0.2, 0.25) is 0 Å². The van der Waals surface area contributed by atoms with Crippen molar-refractivity contribution in [2.75, 3.05) is 38.2 Å². The summed E-state index contributed by atoms with van der Waals surface area (Å²) in [5, 5.41) is 10.9. The molecular formula is C26H33N3O2S. The van der Waals surface area contributed by atoms with Crippen LogP contribution in [0.1, 0.15) is 48.8 Å². The Morgan fingerprint density at radius 1 is 1.06 bits per heavy atom. The van der Waals surface area contributed by atoms with E-state index in [1.165, 1.54) is 23.2 Å². The molecule has 0 bridgehead atoms. The van der Waals surface area contributed by atoms with E-state index in [9.17, 15) is 5.11 Å². The minimum atomic E-state index is -0.168. The summed E-state index contributed by atoms with van der Waals surface area (Å²) in [6, 6.07) is 17.3. The van der Waals surface area contributed by atoms with Crippen LogP contribution >= 0.6 is 11.3 Å². The van der Waals surface area contributed by atoms with Crippen molar-refractivity contribution in [3.63, 3.8) is 0 Å². The highest BCUT2D eigenvalue weighted by molar-refractivity contribution is 7.18. The van der Waals surface area contributed by atoms with Gasteiger partial charge >= 0.3 is 0 Å². The topological polar surface area (TPSA) is 48.8 Å². The van der Waals surface area contributed by atoms with Crippen LogP contribution in [0.2, 0.25) is 0 Å². The number of para-hydroxylation sites is 1. The molecule has 1 aromatic heterocycles. The molecule has 0 saturated carbocycles. The summed E-state index contributed by atoms with van der Waals surface area (Å²) in [6.07, 6.45) is 5.59. The Labute approximate surface area is 194 Å². The molecule has 0 spiro atoms. The molecule has 2 atom stereocenters. The highest BCUT2D eigenvalue weighted by Crippen LogP contribution is 2.37. The minimum Gasteiger partial charge on any atom is -0.394 e. The van der Waals surface area contributed by atoms with Gasteiger partial charge in [0, 0.05) is 25.3 Å². The summed E-state index contributed by atoms with van der Waals surface area (Å²) in [6.45, 7) is 3.35. The molecule has 2 saturated heterocycles. The number of aliphatic hydroxyl groups is 1. The van der Waals surface area contributed by atoms with Crippen molar-refractivity contribution < 1.29 is 9.84 Å². The fourth-order valence-electron chi connectivity index (χ4n) is 4.99. The molecule has 3 heterocycles. The van der Waals surface area contributed by atoms with E-state index in [1.807, 2.05) is 6.07 Å². The zero-order valence-electron chi connectivity index (χ0n) is 18.8. The number of rotatable bonds is 6. The second-order valence-corrected chi connectivity index (χ2v) is 10.2. The molecule has 0 radical (unpaired) electrons. The average molecular weight is 452 g/mol. The monoisotopic (exact) mass is 451 g/mol. The summed E-state index contributed by atoms with van der Waals surface area (Å²) >= 11 is 1.74. The van der Waals surface area contributed by atoms with E-state index in [0.717, 1.165) is 55.0 Å². The standard InChI is InChI=1S/C26H33N3O2S/c1-28-15-12-22(13-16-28)31-25(26-27-23-10-2-3-11-24(23)32-26)19-7-6-9-20(17-19)29-14-5-4-8-21(29)18-30/h2-3,6-7,9-11,17,21-22,25,30H,4-5,8,12-16,18H2,1H3. The van der Waals surface area contributed by atoms with Gasteiger partial charge in [0.05, 0.1) is 29.0 Å². The third kappa shape index (κ3) is 4.69. The molecule has 2 aliphatic rings. The molecule has 3 aromatic rings. The van der Waals surface area contributed by atoms with E-state index in [0.29, 0.717) is 0 Å². The van der Waals surface area contributed by atoms with Crippen molar-refractivity contribution in [2.24, 2.45) is 0 Å². The molecule has 5 nitrogen and oxygen atoms in total. The van der Waals surface area contributed by atoms with Gasteiger partial charge in [0.25, 0.3) is 0 Å². The molecular weight excluding hydrogens is 418 g/mol. The molecule has 5 rings (SSSR count). The van der Waals surface area contributed by atoms with E-state index < -0.39 is 0 Å². The first-order valence-electron chi connectivity index (χ1n) is 11.9. The number of aliphatic hydroxyl groups excluding tert-OH is 1. The smallest absolute Gasteiger partial charge is 0.134 e. The quantitative estimate of drug-likeness (QED) is 0.581. The Morgan fingerprint density at radius 3 is 2.72 bits per heavy atom. The van der Waals surface area contributed by atoms with E-state index in [4.69, 9.17) is 9.72 Å². The van der Waals surface area contributed by atoms with Crippen molar-refractivity contribution in [1.29, 1.82) is 0 Å². The van der Waals surface area contributed by atoms with Gasteiger partial charge in [0.15, 0.2) is 0 Å². The lowest BCUT2D eigenvalue weighted by Gasteiger charge is -2.37. The van der Waals surface area contributed by atoms with Crippen LogP contribution in [0.5, 0.6) is 0 Å². The summed E-state index contributed by atoms with van der Waals surface area (Å²) < 4.78 is 7.99. The van der Waals surface area contributed by atoms with Crippen molar-refractivity contribution in [1.82, 2.24) is 9.88 Å². The Hall–Kier alpha value is -1.99. The predicted octanol–water partition coefficient (Wildman–Crippen LogP) is 4.85. The number of thiazole rings is 1. The van der Waals surface area contributed by atoms with Gasteiger partial charge in [-0.25, -0.2) is 4.98 Å². The van der Waals surface area contributed by atoms with Gasteiger partial charge in [-0.2, -0.15) is 0 Å². The van der Waals surface area contributed by atoms with Gasteiger partial charge in [0.1, 0.15) is 11.1 Å². The number of hydrogen-bond acceptors (Lipinski definition) is 6. The predicted molar refractivity (Wildman–Crippen MR) is 132 cm³/mol. The van der Waals surface area contributed by atoms with Crippen molar-refractivity contribution >= 4 is 27.2 Å². The zero-order chi connectivity index (χ0) is 21.9. The van der Waals surface area contributed by atoms with Crippen molar-refractivity contribution in [2.45, 2.75) is 50.4 Å². The number of nitrogens with zero attached hydrogens (tertiary/aromatic N) is 3. The lowest BCUT2D eigenvalue weighted by molar-refractivity contribution is -0.0234. The number of likely N-dealkylation sites (tertiary alicyclic amines) is 1. The van der Waals surface area contributed by atoms with Gasteiger partial charge in [-0.05, 0) is 69.0 Å². The number of hydrogen-bond donors (Lipinski definition) is 1. The lowest BCUT2D eigenvalue weighted by atomic mass is 10.0. The SMILES string of the molecule is CN1CCC(OC(c2cccc(N3CCCCC3CO)c2)c2nc3ccccc3s2)CC1. The second-order valence-electron chi connectivity index (χ2n) is 9.16. The highest BCUT2D eigenvalue weighted by atomic mass is 32.1.